The summed E-state index contributed by atoms with van der Waals surface area (Å²) in [5.74, 6) is -4.28. The van der Waals surface area contributed by atoms with Gasteiger partial charge in [0.15, 0.2) is 18.2 Å². The number of ether oxygens (including phenoxy) is 8. The summed E-state index contributed by atoms with van der Waals surface area (Å²) in [6, 6.07) is 0. The number of carbonyl (C=O) groups is 5. The Morgan fingerprint density at radius 1 is 0.902 bits per heavy atom. The minimum atomic E-state index is -1.18. The number of hydrogen-bond acceptors (Lipinski definition) is 13. The molecule has 2 saturated heterocycles. The number of hydrogen-bond donors (Lipinski definition) is 2. The van der Waals surface area contributed by atoms with Crippen molar-refractivity contribution in [2.24, 2.45) is 11.7 Å². The average molecular weight is 591 g/mol. The molecule has 15 nitrogen and oxygen atoms in total. The SMILES string of the molecule is CC(=O)OC[C@H]1O[C@@H](OCCCCCNC(=O)OC[C@@H]2COC(C)(C)O2)[C@H](CC(N)=O)[C@@H](OC(C)=O)[C@H]1OC(C)=O. The fraction of sp³-hybridized carbons (Fsp3) is 0.808. The second kappa shape index (κ2) is 16.4. The third kappa shape index (κ3) is 12.6. The molecule has 3 N–H and O–H groups in total. The third-order valence-electron chi connectivity index (χ3n) is 6.10. The van der Waals surface area contributed by atoms with Gasteiger partial charge in [0.25, 0.3) is 0 Å². The van der Waals surface area contributed by atoms with Crippen molar-refractivity contribution in [3.05, 3.63) is 0 Å². The van der Waals surface area contributed by atoms with Crippen LogP contribution in [0.25, 0.3) is 0 Å². The Morgan fingerprint density at radius 3 is 2.17 bits per heavy atom. The molecule has 0 radical (unpaired) electrons. The molecule has 2 amide bonds. The van der Waals surface area contributed by atoms with Crippen LogP contribution in [0, 0.1) is 5.92 Å². The molecule has 0 aromatic rings. The van der Waals surface area contributed by atoms with Gasteiger partial charge in [0.1, 0.15) is 31.5 Å². The van der Waals surface area contributed by atoms with Crippen LogP contribution in [0.4, 0.5) is 4.79 Å². The summed E-state index contributed by atoms with van der Waals surface area (Å²) in [5, 5.41) is 2.66. The molecule has 2 aliphatic heterocycles. The van der Waals surface area contributed by atoms with Crippen molar-refractivity contribution in [2.75, 3.05) is 33.0 Å². The van der Waals surface area contributed by atoms with Gasteiger partial charge < -0.3 is 48.9 Å². The van der Waals surface area contributed by atoms with Gasteiger partial charge in [-0.25, -0.2) is 4.79 Å². The highest BCUT2D eigenvalue weighted by Gasteiger charge is 2.51. The van der Waals surface area contributed by atoms with Gasteiger partial charge in [0, 0.05) is 40.3 Å². The zero-order valence-corrected chi connectivity index (χ0v) is 24.2. The van der Waals surface area contributed by atoms with E-state index in [1.54, 1.807) is 13.8 Å². The lowest BCUT2D eigenvalue weighted by Crippen LogP contribution is -2.59. The fourth-order valence-electron chi connectivity index (χ4n) is 4.44. The first-order valence-electron chi connectivity index (χ1n) is 13.5. The predicted molar refractivity (Wildman–Crippen MR) is 138 cm³/mol. The van der Waals surface area contributed by atoms with Crippen LogP contribution in [0.3, 0.4) is 0 Å². The Balaban J connectivity index is 1.87. The predicted octanol–water partition coefficient (Wildman–Crippen LogP) is 0.694. The van der Waals surface area contributed by atoms with Crippen LogP contribution in [0.5, 0.6) is 0 Å². The quantitative estimate of drug-likeness (QED) is 0.154. The lowest BCUT2D eigenvalue weighted by molar-refractivity contribution is -0.291. The molecule has 0 unspecified atom stereocenters. The Hall–Kier alpha value is -3.01. The summed E-state index contributed by atoms with van der Waals surface area (Å²) in [4.78, 5) is 58.9. The summed E-state index contributed by atoms with van der Waals surface area (Å²) in [5.41, 5.74) is 5.44. The number of carbonyl (C=O) groups excluding carboxylic acids is 5. The van der Waals surface area contributed by atoms with Crippen molar-refractivity contribution < 1.29 is 61.9 Å². The van der Waals surface area contributed by atoms with Crippen LogP contribution < -0.4 is 11.1 Å². The molecular formula is C26H42N2O13. The van der Waals surface area contributed by atoms with E-state index in [-0.39, 0.29) is 32.3 Å². The monoisotopic (exact) mass is 590 g/mol. The van der Waals surface area contributed by atoms with Gasteiger partial charge in [-0.3, -0.25) is 19.2 Å². The second-order valence-corrected chi connectivity index (χ2v) is 10.2. The van der Waals surface area contributed by atoms with Gasteiger partial charge >= 0.3 is 24.0 Å². The van der Waals surface area contributed by atoms with Crippen LogP contribution in [0.15, 0.2) is 0 Å². The van der Waals surface area contributed by atoms with Crippen LogP contribution in [-0.4, -0.2) is 99.4 Å². The highest BCUT2D eigenvalue weighted by Crippen LogP contribution is 2.34. The second-order valence-electron chi connectivity index (χ2n) is 10.2. The molecule has 0 aromatic heterocycles. The van der Waals surface area contributed by atoms with Crippen LogP contribution in [0.2, 0.25) is 0 Å². The molecule has 2 aliphatic rings. The van der Waals surface area contributed by atoms with Gasteiger partial charge in [0.2, 0.25) is 5.91 Å². The van der Waals surface area contributed by atoms with E-state index in [0.29, 0.717) is 32.4 Å². The minimum absolute atomic E-state index is 0.0854. The highest BCUT2D eigenvalue weighted by atomic mass is 16.8. The van der Waals surface area contributed by atoms with Gasteiger partial charge in [-0.15, -0.1) is 0 Å². The largest absolute Gasteiger partial charge is 0.463 e. The van der Waals surface area contributed by atoms with E-state index in [1.165, 1.54) is 13.8 Å². The normalized spacial score (nSPS) is 27.0. The minimum Gasteiger partial charge on any atom is -0.463 e. The van der Waals surface area contributed by atoms with Crippen LogP contribution >= 0.6 is 0 Å². The van der Waals surface area contributed by atoms with E-state index in [4.69, 9.17) is 43.6 Å². The topological polar surface area (TPSA) is 197 Å². The molecule has 0 spiro atoms. The van der Waals surface area contributed by atoms with Crippen molar-refractivity contribution in [2.45, 2.75) is 96.8 Å². The van der Waals surface area contributed by atoms with Gasteiger partial charge in [0.05, 0.1) is 12.5 Å². The molecule has 2 heterocycles. The highest BCUT2D eigenvalue weighted by molar-refractivity contribution is 5.74. The maximum absolute atomic E-state index is 11.9. The summed E-state index contributed by atoms with van der Waals surface area (Å²) < 4.78 is 43.9. The van der Waals surface area contributed by atoms with Crippen LogP contribution in [-0.2, 0) is 57.1 Å². The number of amides is 2. The van der Waals surface area contributed by atoms with E-state index in [2.05, 4.69) is 5.32 Å². The van der Waals surface area contributed by atoms with E-state index >= 15 is 0 Å². The summed E-state index contributed by atoms with van der Waals surface area (Å²) >= 11 is 0. The molecule has 6 atom stereocenters. The van der Waals surface area contributed by atoms with E-state index in [0.717, 1.165) is 6.92 Å². The molecular weight excluding hydrogens is 548 g/mol. The first-order chi connectivity index (χ1) is 19.3. The lowest BCUT2D eigenvalue weighted by Gasteiger charge is -2.44. The van der Waals surface area contributed by atoms with Crippen LogP contribution in [0.1, 0.15) is 60.3 Å². The van der Waals surface area contributed by atoms with Crippen molar-refractivity contribution in [3.63, 3.8) is 0 Å². The smallest absolute Gasteiger partial charge is 0.407 e. The van der Waals surface area contributed by atoms with Crippen molar-refractivity contribution in [1.82, 2.24) is 5.32 Å². The summed E-state index contributed by atoms with van der Waals surface area (Å²) in [6.45, 7) is 7.78. The molecule has 0 aliphatic carbocycles. The molecule has 2 rings (SSSR count). The Labute approximate surface area is 238 Å². The number of nitrogens with two attached hydrogens (primary N) is 1. The van der Waals surface area contributed by atoms with Gasteiger partial charge in [-0.05, 0) is 33.1 Å². The zero-order chi connectivity index (χ0) is 30.6. The Kier molecular flexibility index (Phi) is 13.7. The zero-order valence-electron chi connectivity index (χ0n) is 24.2. The number of alkyl carbamates (subject to hydrolysis) is 1. The molecule has 234 valence electrons. The van der Waals surface area contributed by atoms with E-state index in [9.17, 15) is 24.0 Å². The first-order valence-corrected chi connectivity index (χ1v) is 13.5. The number of nitrogens with one attached hydrogen (secondary N) is 1. The lowest BCUT2D eigenvalue weighted by atomic mass is 9.87. The molecule has 2 fully saturated rings. The standard InChI is InChI=1S/C26H42N2O13/c1-15(29)35-14-20-23(39-17(3)31)22(38-16(2)30)19(11-21(27)32)24(40-20)34-10-8-6-7-9-28-25(33)36-12-18-13-37-26(4,5)41-18/h18-20,22-24H,6-14H2,1-5H3,(H2,27,32)(H,28,33)/t18-,19-,20-,22-,23+,24-/m1/s1. The molecule has 0 bridgehead atoms. The molecule has 0 aromatic carbocycles. The maximum Gasteiger partial charge on any atom is 0.407 e. The van der Waals surface area contributed by atoms with Crippen molar-refractivity contribution in [3.8, 4) is 0 Å². The van der Waals surface area contributed by atoms with Crippen molar-refractivity contribution >= 4 is 29.9 Å². The molecule has 0 saturated carbocycles. The Morgan fingerprint density at radius 2 is 1.59 bits per heavy atom. The van der Waals surface area contributed by atoms with E-state index in [1.807, 2.05) is 0 Å². The summed E-state index contributed by atoms with van der Waals surface area (Å²) in [7, 11) is 0. The van der Waals surface area contributed by atoms with E-state index < -0.39 is 66.2 Å². The van der Waals surface area contributed by atoms with Gasteiger partial charge in [-0.2, -0.15) is 0 Å². The molecule has 15 heteroatoms. The van der Waals surface area contributed by atoms with Crippen molar-refractivity contribution in [1.29, 1.82) is 0 Å². The number of primary amides is 1. The number of esters is 3. The average Bonchev–Trinajstić information content (AvgIpc) is 3.21. The third-order valence-corrected chi connectivity index (χ3v) is 6.10. The maximum atomic E-state index is 11.9. The fourth-order valence-corrected chi connectivity index (χ4v) is 4.44. The Bertz CT molecular complexity index is 912. The number of rotatable bonds is 15. The number of unbranched alkanes of at least 4 members (excludes halogenated alkanes) is 2. The first kappa shape index (κ1) is 34.2. The molecule has 41 heavy (non-hydrogen) atoms. The van der Waals surface area contributed by atoms with Gasteiger partial charge in [-0.1, -0.05) is 0 Å². The summed E-state index contributed by atoms with van der Waals surface area (Å²) in [6.07, 6.45) is -3.75.